The van der Waals surface area contributed by atoms with Crippen molar-refractivity contribution >= 4 is 21.9 Å². The number of halogens is 3. The van der Waals surface area contributed by atoms with Crippen LogP contribution in [0.4, 0.5) is 8.78 Å². The van der Waals surface area contributed by atoms with Gasteiger partial charge in [-0.1, -0.05) is 0 Å². The highest BCUT2D eigenvalue weighted by atomic mass is 79.9. The number of carboxylic acids is 1. The lowest BCUT2D eigenvalue weighted by molar-refractivity contribution is -0.137. The van der Waals surface area contributed by atoms with Crippen LogP contribution in [-0.4, -0.2) is 11.1 Å². The fourth-order valence-electron chi connectivity index (χ4n) is 1.10. The summed E-state index contributed by atoms with van der Waals surface area (Å²) in [5, 5.41) is 8.48. The Kier molecular flexibility index (Phi) is 3.76. The summed E-state index contributed by atoms with van der Waals surface area (Å²) in [6, 6.07) is 1.31. The van der Waals surface area contributed by atoms with Gasteiger partial charge in [0.15, 0.2) is 11.6 Å². The summed E-state index contributed by atoms with van der Waals surface area (Å²) >= 11 is 2.81. The molecule has 0 radical (unpaired) electrons. The van der Waals surface area contributed by atoms with E-state index >= 15 is 0 Å². The fourth-order valence-corrected chi connectivity index (χ4v) is 1.55. The lowest BCUT2D eigenvalue weighted by Gasteiger charge is -2.10. The molecule has 1 unspecified atom stereocenters. The lowest BCUT2D eigenvalue weighted by atomic mass is 10.0. The number of benzene rings is 1. The summed E-state index contributed by atoms with van der Waals surface area (Å²) < 4.78 is 25.7. The maximum absolute atomic E-state index is 12.9. The Morgan fingerprint density at radius 1 is 1.53 bits per heavy atom. The second-order valence-corrected chi connectivity index (χ2v) is 3.86. The SMILES string of the molecule is NC(CC(=O)O)c1cc(F)c(F)c(Br)c1. The van der Waals surface area contributed by atoms with E-state index in [4.69, 9.17) is 10.8 Å². The van der Waals surface area contributed by atoms with E-state index in [0.717, 1.165) is 6.07 Å². The van der Waals surface area contributed by atoms with Gasteiger partial charge in [0.2, 0.25) is 0 Å². The Hall–Kier alpha value is -1.01. The van der Waals surface area contributed by atoms with Gasteiger partial charge in [0.05, 0.1) is 10.9 Å². The molecule has 3 nitrogen and oxygen atoms in total. The molecule has 0 spiro atoms. The fraction of sp³-hybridized carbons (Fsp3) is 0.222. The van der Waals surface area contributed by atoms with Gasteiger partial charge in [-0.3, -0.25) is 4.79 Å². The third-order valence-electron chi connectivity index (χ3n) is 1.83. The first-order chi connectivity index (χ1) is 6.91. The zero-order chi connectivity index (χ0) is 11.6. The van der Waals surface area contributed by atoms with Crippen LogP contribution in [0.15, 0.2) is 16.6 Å². The van der Waals surface area contributed by atoms with Gasteiger partial charge in [-0.05, 0) is 33.6 Å². The van der Waals surface area contributed by atoms with Crippen LogP contribution in [0.1, 0.15) is 18.0 Å². The van der Waals surface area contributed by atoms with Crippen LogP contribution in [0, 0.1) is 11.6 Å². The van der Waals surface area contributed by atoms with Crippen LogP contribution in [0.2, 0.25) is 0 Å². The van der Waals surface area contributed by atoms with Gasteiger partial charge in [-0.25, -0.2) is 8.78 Å². The van der Waals surface area contributed by atoms with Crippen molar-refractivity contribution in [3.63, 3.8) is 0 Å². The Bertz CT molecular complexity index is 375. The Morgan fingerprint density at radius 2 is 2.13 bits per heavy atom. The van der Waals surface area contributed by atoms with E-state index in [1.807, 2.05) is 0 Å². The van der Waals surface area contributed by atoms with Crippen molar-refractivity contribution in [2.45, 2.75) is 12.5 Å². The van der Waals surface area contributed by atoms with Crippen molar-refractivity contribution < 1.29 is 18.7 Å². The molecule has 0 aromatic heterocycles. The maximum atomic E-state index is 12.9. The summed E-state index contributed by atoms with van der Waals surface area (Å²) in [5.41, 5.74) is 5.73. The van der Waals surface area contributed by atoms with Gasteiger partial charge in [0.1, 0.15) is 0 Å². The first kappa shape index (κ1) is 12.1. The number of rotatable bonds is 3. The van der Waals surface area contributed by atoms with Crippen LogP contribution in [0.25, 0.3) is 0 Å². The molecule has 1 aromatic rings. The van der Waals surface area contributed by atoms with Crippen LogP contribution in [0.3, 0.4) is 0 Å². The molecule has 1 rings (SSSR count). The highest BCUT2D eigenvalue weighted by Gasteiger charge is 2.15. The number of carboxylic acid groups (broad SMARTS) is 1. The number of aliphatic carboxylic acids is 1. The Labute approximate surface area is 93.0 Å². The molecule has 0 saturated carbocycles. The molecule has 82 valence electrons. The van der Waals surface area contributed by atoms with Crippen molar-refractivity contribution in [2.24, 2.45) is 5.73 Å². The van der Waals surface area contributed by atoms with E-state index in [-0.39, 0.29) is 16.5 Å². The van der Waals surface area contributed by atoms with Gasteiger partial charge in [-0.15, -0.1) is 0 Å². The van der Waals surface area contributed by atoms with Gasteiger partial charge in [0.25, 0.3) is 0 Å². The minimum atomic E-state index is -1.09. The molecule has 0 heterocycles. The number of hydrogen-bond donors (Lipinski definition) is 2. The number of hydrogen-bond acceptors (Lipinski definition) is 2. The van der Waals surface area contributed by atoms with E-state index in [1.54, 1.807) is 0 Å². The highest BCUT2D eigenvalue weighted by Crippen LogP contribution is 2.24. The molecule has 6 heteroatoms. The summed E-state index contributed by atoms with van der Waals surface area (Å²) in [6.07, 6.45) is -0.336. The minimum Gasteiger partial charge on any atom is -0.481 e. The van der Waals surface area contributed by atoms with Crippen molar-refractivity contribution in [2.75, 3.05) is 0 Å². The molecule has 15 heavy (non-hydrogen) atoms. The van der Waals surface area contributed by atoms with Gasteiger partial charge in [-0.2, -0.15) is 0 Å². The second-order valence-electron chi connectivity index (χ2n) is 3.00. The monoisotopic (exact) mass is 279 g/mol. The summed E-state index contributed by atoms with van der Waals surface area (Å²) in [5.74, 6) is -3.16. The average molecular weight is 280 g/mol. The van der Waals surface area contributed by atoms with Crippen molar-refractivity contribution in [1.82, 2.24) is 0 Å². The van der Waals surface area contributed by atoms with Crippen LogP contribution in [-0.2, 0) is 4.79 Å². The normalized spacial score (nSPS) is 12.5. The average Bonchev–Trinajstić information content (AvgIpc) is 2.12. The molecule has 0 aliphatic heterocycles. The van der Waals surface area contributed by atoms with E-state index in [0.29, 0.717) is 0 Å². The van der Waals surface area contributed by atoms with Crippen LogP contribution >= 0.6 is 15.9 Å². The molecular weight excluding hydrogens is 272 g/mol. The molecule has 0 aliphatic carbocycles. The molecule has 0 saturated heterocycles. The molecular formula is C9H8BrF2NO2. The number of nitrogens with two attached hydrogens (primary N) is 1. The summed E-state index contributed by atoms with van der Waals surface area (Å²) in [6.45, 7) is 0. The Morgan fingerprint density at radius 3 is 2.60 bits per heavy atom. The molecule has 0 aliphatic rings. The maximum Gasteiger partial charge on any atom is 0.305 e. The minimum absolute atomic E-state index is 0.0710. The predicted octanol–water partition coefficient (Wildman–Crippen LogP) is 2.20. The third-order valence-corrected chi connectivity index (χ3v) is 2.41. The van der Waals surface area contributed by atoms with E-state index in [2.05, 4.69) is 15.9 Å². The molecule has 1 atom stereocenters. The highest BCUT2D eigenvalue weighted by molar-refractivity contribution is 9.10. The van der Waals surface area contributed by atoms with Crippen molar-refractivity contribution in [3.8, 4) is 0 Å². The van der Waals surface area contributed by atoms with Gasteiger partial charge >= 0.3 is 5.97 Å². The molecule has 1 aromatic carbocycles. The first-order valence-corrected chi connectivity index (χ1v) is 4.83. The third kappa shape index (κ3) is 2.97. The van der Waals surface area contributed by atoms with E-state index in [9.17, 15) is 13.6 Å². The lowest BCUT2D eigenvalue weighted by Crippen LogP contribution is -2.15. The second kappa shape index (κ2) is 4.67. The van der Waals surface area contributed by atoms with Crippen molar-refractivity contribution in [3.05, 3.63) is 33.8 Å². The van der Waals surface area contributed by atoms with Gasteiger partial charge in [0, 0.05) is 6.04 Å². The first-order valence-electron chi connectivity index (χ1n) is 4.03. The number of carbonyl (C=O) groups is 1. The van der Waals surface area contributed by atoms with E-state index < -0.39 is 23.6 Å². The summed E-state index contributed by atoms with van der Waals surface area (Å²) in [4.78, 5) is 10.4. The molecule has 0 fully saturated rings. The summed E-state index contributed by atoms with van der Waals surface area (Å²) in [7, 11) is 0. The van der Waals surface area contributed by atoms with Crippen LogP contribution in [0.5, 0.6) is 0 Å². The quantitative estimate of drug-likeness (QED) is 0.834. The largest absolute Gasteiger partial charge is 0.481 e. The topological polar surface area (TPSA) is 63.3 Å². The van der Waals surface area contributed by atoms with Crippen molar-refractivity contribution in [1.29, 1.82) is 0 Å². The smallest absolute Gasteiger partial charge is 0.305 e. The van der Waals surface area contributed by atoms with Crippen LogP contribution < -0.4 is 5.73 Å². The zero-order valence-corrected chi connectivity index (χ0v) is 9.09. The zero-order valence-electron chi connectivity index (χ0n) is 7.51. The van der Waals surface area contributed by atoms with E-state index in [1.165, 1.54) is 6.07 Å². The van der Waals surface area contributed by atoms with Gasteiger partial charge < -0.3 is 10.8 Å². The predicted molar refractivity (Wildman–Crippen MR) is 53.2 cm³/mol. The molecule has 0 amide bonds. The molecule has 3 N–H and O–H groups in total. The standard InChI is InChI=1S/C9H8BrF2NO2/c10-5-1-4(2-6(11)9(5)12)7(13)3-8(14)15/h1-2,7H,3,13H2,(H,14,15). The Balaban J connectivity index is 3.00. The molecule has 0 bridgehead atoms.